The lowest BCUT2D eigenvalue weighted by Gasteiger charge is -2.24. The number of aliphatic hydroxyl groups is 1. The highest BCUT2D eigenvalue weighted by Crippen LogP contribution is 2.02. The van der Waals surface area contributed by atoms with Crippen LogP contribution < -0.4 is 16.4 Å². The molecule has 0 aliphatic rings. The quantitative estimate of drug-likeness (QED) is 0.198. The molecule has 0 saturated heterocycles. The first kappa shape index (κ1) is 22.3. The lowest BCUT2D eigenvalue weighted by atomic mass is 10.1. The zero-order valence-corrected chi connectivity index (χ0v) is 13.3. The van der Waals surface area contributed by atoms with E-state index in [4.69, 9.17) is 21.1 Å². The molecule has 0 radical (unpaired) electrons. The van der Waals surface area contributed by atoms with Gasteiger partial charge in [0.05, 0.1) is 18.6 Å². The van der Waals surface area contributed by atoms with Gasteiger partial charge in [0.1, 0.15) is 12.1 Å². The van der Waals surface area contributed by atoms with E-state index < -0.39 is 73.2 Å². The lowest BCUT2D eigenvalue weighted by molar-refractivity contribution is -0.144. The van der Waals surface area contributed by atoms with Crippen molar-refractivity contribution in [2.75, 3.05) is 0 Å². The van der Waals surface area contributed by atoms with Gasteiger partial charge >= 0.3 is 17.9 Å². The third kappa shape index (κ3) is 8.62. The molecule has 0 aliphatic carbocycles. The van der Waals surface area contributed by atoms with E-state index in [9.17, 15) is 29.1 Å². The first-order valence-electron chi connectivity index (χ1n) is 7.16. The molecule has 0 spiro atoms. The van der Waals surface area contributed by atoms with Crippen molar-refractivity contribution in [1.82, 2.24) is 10.6 Å². The fraction of sp³-hybridized carbons (Fsp3) is 0.615. The van der Waals surface area contributed by atoms with Crippen LogP contribution in [0.15, 0.2) is 0 Å². The maximum atomic E-state index is 12.1. The summed E-state index contributed by atoms with van der Waals surface area (Å²) in [6.45, 7) is 1.14. The van der Waals surface area contributed by atoms with Gasteiger partial charge in [-0.1, -0.05) is 0 Å². The fourth-order valence-corrected chi connectivity index (χ4v) is 1.73. The average Bonchev–Trinajstić information content (AvgIpc) is 2.46. The largest absolute Gasteiger partial charge is 0.481 e. The van der Waals surface area contributed by atoms with Gasteiger partial charge in [0.15, 0.2) is 0 Å². The van der Waals surface area contributed by atoms with Gasteiger partial charge in [0.25, 0.3) is 0 Å². The number of carbonyl (C=O) groups excluding carboxylic acids is 2. The van der Waals surface area contributed by atoms with Crippen molar-refractivity contribution in [1.29, 1.82) is 0 Å². The molecule has 25 heavy (non-hydrogen) atoms. The summed E-state index contributed by atoms with van der Waals surface area (Å²) >= 11 is 0. The molecule has 0 aromatic carbocycles. The van der Waals surface area contributed by atoms with Crippen LogP contribution in [0.25, 0.3) is 0 Å². The number of carboxylic acid groups (broad SMARTS) is 3. The molecular formula is C13H21N3O9. The Morgan fingerprint density at radius 2 is 1.52 bits per heavy atom. The number of aliphatic hydroxyl groups excluding tert-OH is 1. The van der Waals surface area contributed by atoms with Gasteiger partial charge in [-0.15, -0.1) is 0 Å². The molecule has 0 aromatic rings. The van der Waals surface area contributed by atoms with Crippen LogP contribution in [0.4, 0.5) is 0 Å². The van der Waals surface area contributed by atoms with E-state index in [2.05, 4.69) is 0 Å². The normalized spacial score (nSPS) is 15.3. The van der Waals surface area contributed by atoms with Crippen LogP contribution in [0, 0.1) is 0 Å². The number of carbonyl (C=O) groups is 5. The average molecular weight is 363 g/mol. The summed E-state index contributed by atoms with van der Waals surface area (Å²) in [4.78, 5) is 55.9. The van der Waals surface area contributed by atoms with E-state index in [1.807, 2.05) is 10.6 Å². The van der Waals surface area contributed by atoms with Crippen LogP contribution in [-0.4, -0.2) is 74.4 Å². The number of carboxylic acids is 3. The molecule has 0 unspecified atom stereocenters. The van der Waals surface area contributed by atoms with Gasteiger partial charge in [-0.25, -0.2) is 4.79 Å². The zero-order chi connectivity index (χ0) is 19.7. The van der Waals surface area contributed by atoms with Crippen molar-refractivity contribution in [3.63, 3.8) is 0 Å². The first-order chi connectivity index (χ1) is 11.5. The summed E-state index contributed by atoms with van der Waals surface area (Å²) in [6, 6.07) is -4.62. The number of amides is 2. The summed E-state index contributed by atoms with van der Waals surface area (Å²) < 4.78 is 0. The molecule has 0 rings (SSSR count). The third-order valence-electron chi connectivity index (χ3n) is 3.06. The summed E-state index contributed by atoms with van der Waals surface area (Å²) in [5.74, 6) is -6.21. The van der Waals surface area contributed by atoms with E-state index >= 15 is 0 Å². The summed E-state index contributed by atoms with van der Waals surface area (Å²) in [6.07, 6.45) is -3.09. The van der Waals surface area contributed by atoms with Crippen molar-refractivity contribution in [2.45, 2.75) is 50.4 Å². The Labute approximate surface area is 142 Å². The number of aliphatic carboxylic acids is 3. The smallest absolute Gasteiger partial charge is 0.326 e. The predicted octanol–water partition coefficient (Wildman–Crippen LogP) is -2.91. The standard InChI is InChI=1S/C13H21N3O9/c1-5(17)10(16-11(22)6(14)4-9(20)21)12(23)15-7(13(24)25)2-3-8(18)19/h5-7,10,17H,2-4,14H2,1H3,(H,15,23)(H,16,22)(H,18,19)(H,20,21)(H,24,25)/t5-,6+,7+,10+/m1/s1. The van der Waals surface area contributed by atoms with E-state index in [-0.39, 0.29) is 0 Å². The molecule has 12 nitrogen and oxygen atoms in total. The Bertz CT molecular complexity index is 535. The zero-order valence-electron chi connectivity index (χ0n) is 13.3. The maximum Gasteiger partial charge on any atom is 0.326 e. The number of hydrogen-bond donors (Lipinski definition) is 7. The van der Waals surface area contributed by atoms with Gasteiger partial charge in [-0.2, -0.15) is 0 Å². The second kappa shape index (κ2) is 10.2. The van der Waals surface area contributed by atoms with Crippen molar-refractivity contribution in [2.24, 2.45) is 5.73 Å². The Morgan fingerprint density at radius 3 is 1.92 bits per heavy atom. The van der Waals surface area contributed by atoms with Crippen LogP contribution in [-0.2, 0) is 24.0 Å². The number of nitrogens with one attached hydrogen (secondary N) is 2. The van der Waals surface area contributed by atoms with Gasteiger partial charge in [-0.05, 0) is 13.3 Å². The summed E-state index contributed by atoms with van der Waals surface area (Å²) in [5, 5.41) is 39.7. The second-order valence-electron chi connectivity index (χ2n) is 5.26. The summed E-state index contributed by atoms with van der Waals surface area (Å²) in [5.41, 5.74) is 5.33. The highest BCUT2D eigenvalue weighted by molar-refractivity contribution is 5.93. The molecule has 4 atom stereocenters. The molecule has 0 fully saturated rings. The Hall–Kier alpha value is -2.73. The fourth-order valence-electron chi connectivity index (χ4n) is 1.73. The number of rotatable bonds is 11. The Kier molecular flexibility index (Phi) is 9.09. The topological polar surface area (TPSA) is 216 Å². The van der Waals surface area contributed by atoms with Crippen LogP contribution in [0.5, 0.6) is 0 Å². The molecule has 2 amide bonds. The first-order valence-corrected chi connectivity index (χ1v) is 7.16. The minimum Gasteiger partial charge on any atom is -0.481 e. The van der Waals surface area contributed by atoms with Crippen molar-refractivity contribution < 1.29 is 44.4 Å². The maximum absolute atomic E-state index is 12.1. The van der Waals surface area contributed by atoms with Crippen LogP contribution >= 0.6 is 0 Å². The van der Waals surface area contributed by atoms with Gasteiger partial charge < -0.3 is 36.8 Å². The lowest BCUT2D eigenvalue weighted by Crippen LogP contribution is -2.58. The summed E-state index contributed by atoms with van der Waals surface area (Å²) in [7, 11) is 0. The van der Waals surface area contributed by atoms with E-state index in [1.54, 1.807) is 0 Å². The molecule has 12 heteroatoms. The molecule has 142 valence electrons. The monoisotopic (exact) mass is 363 g/mol. The molecule has 8 N–H and O–H groups in total. The number of nitrogens with two attached hydrogens (primary N) is 1. The minimum absolute atomic E-state index is 0.407. The molecular weight excluding hydrogens is 342 g/mol. The van der Waals surface area contributed by atoms with Gasteiger partial charge in [0.2, 0.25) is 11.8 Å². The van der Waals surface area contributed by atoms with Crippen molar-refractivity contribution in [3.8, 4) is 0 Å². The van der Waals surface area contributed by atoms with Crippen LogP contribution in [0.2, 0.25) is 0 Å². The van der Waals surface area contributed by atoms with E-state index in [0.29, 0.717) is 0 Å². The Morgan fingerprint density at radius 1 is 0.960 bits per heavy atom. The highest BCUT2D eigenvalue weighted by atomic mass is 16.4. The molecule has 0 bridgehead atoms. The van der Waals surface area contributed by atoms with Crippen molar-refractivity contribution >= 4 is 29.7 Å². The SMILES string of the molecule is C[C@@H](O)[C@H](NC(=O)[C@@H](N)CC(=O)O)C(=O)N[C@@H](CCC(=O)O)C(=O)O. The molecule has 0 aliphatic heterocycles. The Balaban J connectivity index is 4.97. The number of hydrogen-bond acceptors (Lipinski definition) is 7. The van der Waals surface area contributed by atoms with Crippen LogP contribution in [0.3, 0.4) is 0 Å². The van der Waals surface area contributed by atoms with Crippen LogP contribution in [0.1, 0.15) is 26.2 Å². The highest BCUT2D eigenvalue weighted by Gasteiger charge is 2.31. The second-order valence-corrected chi connectivity index (χ2v) is 5.26. The van der Waals surface area contributed by atoms with Gasteiger partial charge in [0, 0.05) is 6.42 Å². The molecule has 0 aromatic heterocycles. The van der Waals surface area contributed by atoms with E-state index in [1.165, 1.54) is 0 Å². The predicted molar refractivity (Wildman–Crippen MR) is 80.3 cm³/mol. The molecule has 0 heterocycles. The molecule has 0 saturated carbocycles. The van der Waals surface area contributed by atoms with Gasteiger partial charge in [-0.3, -0.25) is 19.2 Å². The minimum atomic E-state index is -1.60. The third-order valence-corrected chi connectivity index (χ3v) is 3.06. The van der Waals surface area contributed by atoms with E-state index in [0.717, 1.165) is 6.92 Å². The van der Waals surface area contributed by atoms with Crippen molar-refractivity contribution in [3.05, 3.63) is 0 Å².